The van der Waals surface area contributed by atoms with Crippen molar-refractivity contribution in [3.8, 4) is 17.0 Å². The maximum absolute atomic E-state index is 13.0. The van der Waals surface area contributed by atoms with Gasteiger partial charge in [0, 0.05) is 18.8 Å². The Morgan fingerprint density at radius 1 is 1.14 bits per heavy atom. The quantitative estimate of drug-likeness (QED) is 0.591. The highest BCUT2D eigenvalue weighted by atomic mass is 16.5. The lowest BCUT2D eigenvalue weighted by Crippen LogP contribution is -2.14. The minimum atomic E-state index is -0.253. The zero-order chi connectivity index (χ0) is 19.7. The van der Waals surface area contributed by atoms with Crippen molar-refractivity contribution in [2.24, 2.45) is 7.05 Å². The minimum absolute atomic E-state index is 0.253. The molecule has 1 aromatic carbocycles. The summed E-state index contributed by atoms with van der Waals surface area (Å²) >= 11 is 0. The number of carbonyl (C=O) groups is 1. The van der Waals surface area contributed by atoms with Gasteiger partial charge in [-0.3, -0.25) is 9.48 Å². The topological polar surface area (TPSA) is 81.9 Å². The second-order valence-corrected chi connectivity index (χ2v) is 6.36. The van der Waals surface area contributed by atoms with Crippen LogP contribution in [-0.2, 0) is 7.05 Å². The molecule has 7 heteroatoms. The third-order valence-corrected chi connectivity index (χ3v) is 4.51. The monoisotopic (exact) mass is 373 g/mol. The molecule has 0 aliphatic rings. The van der Waals surface area contributed by atoms with Crippen LogP contribution in [0.3, 0.4) is 0 Å². The van der Waals surface area contributed by atoms with Gasteiger partial charge in [0.25, 0.3) is 5.91 Å². The number of rotatable bonds is 4. The van der Waals surface area contributed by atoms with E-state index in [1.165, 1.54) is 0 Å². The van der Waals surface area contributed by atoms with Gasteiger partial charge in [-0.2, -0.15) is 5.10 Å². The maximum Gasteiger partial charge on any atom is 0.257 e. The summed E-state index contributed by atoms with van der Waals surface area (Å²) in [4.78, 5) is 21.9. The Hall–Kier alpha value is -3.74. The van der Waals surface area contributed by atoms with Crippen molar-refractivity contribution < 1.29 is 9.53 Å². The number of fused-ring (bicyclic) bond motifs is 1. The lowest BCUT2D eigenvalue weighted by Gasteiger charge is -2.09. The first-order chi connectivity index (χ1) is 13.6. The van der Waals surface area contributed by atoms with Crippen LogP contribution in [0.25, 0.3) is 22.3 Å². The van der Waals surface area contributed by atoms with E-state index < -0.39 is 0 Å². The van der Waals surface area contributed by atoms with Crippen LogP contribution in [0.15, 0.2) is 54.7 Å². The second-order valence-electron chi connectivity index (χ2n) is 6.36. The van der Waals surface area contributed by atoms with Crippen molar-refractivity contribution in [2.75, 3.05) is 12.4 Å². The van der Waals surface area contributed by atoms with Crippen LogP contribution in [0.4, 0.5) is 5.82 Å². The van der Waals surface area contributed by atoms with Gasteiger partial charge in [0.1, 0.15) is 11.6 Å². The number of benzene rings is 1. The molecule has 0 aliphatic carbocycles. The molecule has 1 amide bonds. The minimum Gasteiger partial charge on any atom is -0.497 e. The molecular formula is C21H19N5O2. The van der Waals surface area contributed by atoms with E-state index in [9.17, 15) is 4.79 Å². The highest BCUT2D eigenvalue weighted by Gasteiger charge is 2.19. The van der Waals surface area contributed by atoms with Gasteiger partial charge in [-0.15, -0.1) is 0 Å². The smallest absolute Gasteiger partial charge is 0.257 e. The van der Waals surface area contributed by atoms with Crippen molar-refractivity contribution in [3.05, 3.63) is 66.0 Å². The third kappa shape index (κ3) is 3.18. The molecule has 0 fully saturated rings. The third-order valence-electron chi connectivity index (χ3n) is 4.51. The molecule has 0 saturated carbocycles. The summed E-state index contributed by atoms with van der Waals surface area (Å²) in [6.45, 7) is 1.87. The molecule has 0 bridgehead atoms. The summed E-state index contributed by atoms with van der Waals surface area (Å²) < 4.78 is 6.91. The van der Waals surface area contributed by atoms with Crippen LogP contribution in [0, 0.1) is 6.92 Å². The second kappa shape index (κ2) is 7.11. The number of amides is 1. The highest BCUT2D eigenvalue weighted by molar-refractivity contribution is 6.13. The van der Waals surface area contributed by atoms with Crippen LogP contribution in [0.5, 0.6) is 5.75 Å². The van der Waals surface area contributed by atoms with E-state index in [1.54, 1.807) is 36.2 Å². The summed E-state index contributed by atoms with van der Waals surface area (Å²) in [6, 6.07) is 14.7. The zero-order valence-electron chi connectivity index (χ0n) is 15.8. The number of nitrogens with zero attached hydrogens (tertiary/aromatic N) is 4. The number of hydrogen-bond acceptors (Lipinski definition) is 5. The Labute approximate surface area is 162 Å². The van der Waals surface area contributed by atoms with E-state index in [-0.39, 0.29) is 5.91 Å². The Morgan fingerprint density at radius 2 is 1.93 bits per heavy atom. The standard InChI is InChI=1S/C21H19N5O2/c1-13-19-16(21(27)24-18-6-4-5-11-22-18)12-17(23-20(19)26(2)25-13)14-7-9-15(28-3)10-8-14/h4-12H,1-3H3,(H,22,24,27). The average molecular weight is 373 g/mol. The van der Waals surface area contributed by atoms with E-state index in [0.29, 0.717) is 22.7 Å². The van der Waals surface area contributed by atoms with Crippen LogP contribution in [0.1, 0.15) is 16.1 Å². The molecule has 0 spiro atoms. The van der Waals surface area contributed by atoms with Gasteiger partial charge in [0.2, 0.25) is 0 Å². The van der Waals surface area contributed by atoms with Crippen molar-refractivity contribution in [2.45, 2.75) is 6.92 Å². The Morgan fingerprint density at radius 3 is 2.61 bits per heavy atom. The molecule has 140 valence electrons. The first-order valence-electron chi connectivity index (χ1n) is 8.78. The normalized spacial score (nSPS) is 10.8. The number of anilines is 1. The molecule has 7 nitrogen and oxygen atoms in total. The maximum atomic E-state index is 13.0. The largest absolute Gasteiger partial charge is 0.497 e. The zero-order valence-corrected chi connectivity index (χ0v) is 15.8. The molecule has 1 N–H and O–H groups in total. The van der Waals surface area contributed by atoms with Crippen molar-refractivity contribution >= 4 is 22.8 Å². The van der Waals surface area contributed by atoms with Gasteiger partial charge in [-0.25, -0.2) is 9.97 Å². The summed E-state index contributed by atoms with van der Waals surface area (Å²) in [5.74, 6) is 0.997. The van der Waals surface area contributed by atoms with Crippen molar-refractivity contribution in [1.82, 2.24) is 19.7 Å². The lowest BCUT2D eigenvalue weighted by molar-refractivity contribution is 0.102. The summed E-state index contributed by atoms with van der Waals surface area (Å²) in [7, 11) is 3.44. The molecule has 4 aromatic rings. The van der Waals surface area contributed by atoms with Gasteiger partial charge in [-0.05, 0) is 49.4 Å². The number of carbonyl (C=O) groups excluding carboxylic acids is 1. The van der Waals surface area contributed by atoms with Gasteiger partial charge in [0.15, 0.2) is 5.65 Å². The summed E-state index contributed by atoms with van der Waals surface area (Å²) in [6.07, 6.45) is 1.63. The fourth-order valence-corrected chi connectivity index (χ4v) is 3.15. The van der Waals surface area contributed by atoms with Gasteiger partial charge >= 0.3 is 0 Å². The van der Waals surface area contributed by atoms with Crippen LogP contribution in [-0.4, -0.2) is 32.8 Å². The number of aryl methyl sites for hydroxylation is 2. The van der Waals surface area contributed by atoms with Gasteiger partial charge < -0.3 is 10.1 Å². The first kappa shape index (κ1) is 17.7. The van der Waals surface area contributed by atoms with E-state index in [2.05, 4.69) is 15.4 Å². The lowest BCUT2D eigenvalue weighted by atomic mass is 10.0. The van der Waals surface area contributed by atoms with Crippen LogP contribution >= 0.6 is 0 Å². The van der Waals surface area contributed by atoms with Crippen LogP contribution < -0.4 is 10.1 Å². The van der Waals surface area contributed by atoms with Crippen LogP contribution in [0.2, 0.25) is 0 Å². The highest BCUT2D eigenvalue weighted by Crippen LogP contribution is 2.28. The molecule has 0 aliphatic heterocycles. The number of aromatic nitrogens is 4. The van der Waals surface area contributed by atoms with E-state index >= 15 is 0 Å². The number of nitrogens with one attached hydrogen (secondary N) is 1. The predicted molar refractivity (Wildman–Crippen MR) is 107 cm³/mol. The first-order valence-corrected chi connectivity index (χ1v) is 8.78. The molecule has 3 aromatic heterocycles. The molecule has 3 heterocycles. The number of ether oxygens (including phenoxy) is 1. The van der Waals surface area contributed by atoms with E-state index in [1.807, 2.05) is 44.3 Å². The average Bonchev–Trinajstić information content (AvgIpc) is 3.02. The van der Waals surface area contributed by atoms with E-state index in [4.69, 9.17) is 9.72 Å². The molecular weight excluding hydrogens is 354 g/mol. The molecule has 0 saturated heterocycles. The fourth-order valence-electron chi connectivity index (χ4n) is 3.15. The number of methoxy groups -OCH3 is 1. The SMILES string of the molecule is COc1ccc(-c2cc(C(=O)Nc3ccccn3)c3c(C)nn(C)c3n2)cc1. The van der Waals surface area contributed by atoms with Crippen molar-refractivity contribution in [3.63, 3.8) is 0 Å². The van der Waals surface area contributed by atoms with Gasteiger partial charge in [-0.1, -0.05) is 6.07 Å². The predicted octanol–water partition coefficient (Wildman–Crippen LogP) is 3.60. The Balaban J connectivity index is 1.84. The summed E-state index contributed by atoms with van der Waals surface area (Å²) in [5, 5.41) is 8.02. The Bertz CT molecular complexity index is 1150. The molecule has 0 unspecified atom stereocenters. The van der Waals surface area contributed by atoms with Crippen molar-refractivity contribution in [1.29, 1.82) is 0 Å². The van der Waals surface area contributed by atoms with Gasteiger partial charge in [0.05, 0.1) is 29.4 Å². The number of pyridine rings is 2. The fraction of sp³-hybridized carbons (Fsp3) is 0.143. The molecule has 0 atom stereocenters. The molecule has 0 radical (unpaired) electrons. The molecule has 28 heavy (non-hydrogen) atoms. The number of hydrogen-bond donors (Lipinski definition) is 1. The summed E-state index contributed by atoms with van der Waals surface area (Å²) in [5.41, 5.74) is 3.47. The molecule has 4 rings (SSSR count). The van der Waals surface area contributed by atoms with E-state index in [0.717, 1.165) is 22.4 Å². The Kier molecular flexibility index (Phi) is 4.49.